The Morgan fingerprint density at radius 3 is 2.62 bits per heavy atom. The van der Waals surface area contributed by atoms with Crippen molar-refractivity contribution >= 4 is 0 Å². The molecule has 0 fully saturated rings. The van der Waals surface area contributed by atoms with E-state index >= 15 is 0 Å². The highest BCUT2D eigenvalue weighted by Crippen LogP contribution is 2.32. The summed E-state index contributed by atoms with van der Waals surface area (Å²) in [5, 5.41) is 9.22. The van der Waals surface area contributed by atoms with Gasteiger partial charge in [0.05, 0.1) is 7.11 Å². The van der Waals surface area contributed by atoms with Gasteiger partial charge in [0, 0.05) is 18.1 Å². The van der Waals surface area contributed by atoms with Crippen molar-refractivity contribution in [3.8, 4) is 5.75 Å². The van der Waals surface area contributed by atoms with Crippen LogP contribution in [-0.4, -0.2) is 18.8 Å². The molecule has 0 bridgehead atoms. The first kappa shape index (κ1) is 12.9. The Balaban J connectivity index is 3.05. The molecule has 0 aliphatic carbocycles. The lowest BCUT2D eigenvalue weighted by Gasteiger charge is -2.29. The topological polar surface area (TPSA) is 55.5 Å². The van der Waals surface area contributed by atoms with E-state index in [1.807, 2.05) is 13.8 Å². The zero-order chi connectivity index (χ0) is 12.3. The van der Waals surface area contributed by atoms with Gasteiger partial charge >= 0.3 is 0 Å². The Bertz CT molecular complexity index is 366. The van der Waals surface area contributed by atoms with Gasteiger partial charge in [0.2, 0.25) is 0 Å². The lowest BCUT2D eigenvalue weighted by molar-refractivity contribution is 0.132. The SMILES string of the molecule is COc1cc([C@@H](N)C(C)(C)CO)ccc1F. The smallest absolute Gasteiger partial charge is 0.165 e. The van der Waals surface area contributed by atoms with Crippen LogP contribution in [0, 0.1) is 11.2 Å². The minimum absolute atomic E-state index is 0.0339. The molecule has 0 amide bonds. The normalized spacial score (nSPS) is 13.6. The molecule has 1 aromatic rings. The fourth-order valence-corrected chi connectivity index (χ4v) is 1.42. The third-order valence-electron chi connectivity index (χ3n) is 2.78. The largest absolute Gasteiger partial charge is 0.494 e. The highest BCUT2D eigenvalue weighted by molar-refractivity contribution is 5.32. The molecule has 90 valence electrons. The molecular formula is C12H18FNO2. The van der Waals surface area contributed by atoms with Crippen molar-refractivity contribution in [1.29, 1.82) is 0 Å². The predicted octanol–water partition coefficient (Wildman–Crippen LogP) is 1.85. The summed E-state index contributed by atoms with van der Waals surface area (Å²) >= 11 is 0. The Morgan fingerprint density at radius 2 is 2.12 bits per heavy atom. The van der Waals surface area contributed by atoms with Crippen LogP contribution in [0.1, 0.15) is 25.5 Å². The second kappa shape index (κ2) is 4.80. The summed E-state index contributed by atoms with van der Waals surface area (Å²) in [7, 11) is 1.41. The number of ether oxygens (including phenoxy) is 1. The van der Waals surface area contributed by atoms with Crippen LogP contribution >= 0.6 is 0 Å². The van der Waals surface area contributed by atoms with E-state index in [1.54, 1.807) is 12.1 Å². The van der Waals surface area contributed by atoms with Gasteiger partial charge in [-0.05, 0) is 17.7 Å². The molecule has 1 aromatic carbocycles. The average molecular weight is 227 g/mol. The van der Waals surface area contributed by atoms with Gasteiger partial charge in [-0.2, -0.15) is 0 Å². The second-order valence-corrected chi connectivity index (χ2v) is 4.52. The van der Waals surface area contributed by atoms with Gasteiger partial charge in [0.1, 0.15) is 0 Å². The minimum Gasteiger partial charge on any atom is -0.494 e. The number of benzene rings is 1. The number of halogens is 1. The zero-order valence-corrected chi connectivity index (χ0v) is 9.83. The van der Waals surface area contributed by atoms with E-state index in [4.69, 9.17) is 10.5 Å². The molecule has 0 saturated carbocycles. The Morgan fingerprint density at radius 1 is 1.50 bits per heavy atom. The molecule has 1 rings (SSSR count). The van der Waals surface area contributed by atoms with E-state index in [1.165, 1.54) is 13.2 Å². The number of aliphatic hydroxyl groups is 1. The zero-order valence-electron chi connectivity index (χ0n) is 9.83. The van der Waals surface area contributed by atoms with Crippen molar-refractivity contribution in [3.63, 3.8) is 0 Å². The minimum atomic E-state index is -0.456. The molecular weight excluding hydrogens is 209 g/mol. The fourth-order valence-electron chi connectivity index (χ4n) is 1.42. The van der Waals surface area contributed by atoms with Crippen LogP contribution in [-0.2, 0) is 0 Å². The van der Waals surface area contributed by atoms with Crippen LogP contribution in [0.2, 0.25) is 0 Å². The quantitative estimate of drug-likeness (QED) is 0.825. The van der Waals surface area contributed by atoms with Crippen molar-refractivity contribution in [2.24, 2.45) is 11.1 Å². The Labute approximate surface area is 95.0 Å². The summed E-state index contributed by atoms with van der Waals surface area (Å²) in [6, 6.07) is 4.13. The summed E-state index contributed by atoms with van der Waals surface area (Å²) in [5.74, 6) is -0.248. The van der Waals surface area contributed by atoms with Gasteiger partial charge in [-0.3, -0.25) is 0 Å². The van der Waals surface area contributed by atoms with E-state index < -0.39 is 11.2 Å². The van der Waals surface area contributed by atoms with Crippen molar-refractivity contribution in [1.82, 2.24) is 0 Å². The number of aliphatic hydroxyl groups excluding tert-OH is 1. The van der Waals surface area contributed by atoms with Gasteiger partial charge in [-0.15, -0.1) is 0 Å². The van der Waals surface area contributed by atoms with E-state index in [-0.39, 0.29) is 18.4 Å². The molecule has 3 N–H and O–H groups in total. The third-order valence-corrected chi connectivity index (χ3v) is 2.78. The highest BCUT2D eigenvalue weighted by Gasteiger charge is 2.27. The number of nitrogens with two attached hydrogens (primary N) is 1. The van der Waals surface area contributed by atoms with E-state index in [2.05, 4.69) is 0 Å². The van der Waals surface area contributed by atoms with Gasteiger partial charge < -0.3 is 15.6 Å². The average Bonchev–Trinajstić information content (AvgIpc) is 2.28. The standard InChI is InChI=1S/C12H18FNO2/c1-12(2,7-15)11(14)8-4-5-9(13)10(6-8)16-3/h4-6,11,15H,7,14H2,1-3H3/t11-/m1/s1. The molecule has 0 aliphatic rings. The molecule has 0 unspecified atom stereocenters. The van der Waals surface area contributed by atoms with E-state index in [0.717, 1.165) is 5.56 Å². The summed E-state index contributed by atoms with van der Waals surface area (Å²) in [4.78, 5) is 0. The highest BCUT2D eigenvalue weighted by atomic mass is 19.1. The molecule has 4 heteroatoms. The molecule has 0 aromatic heterocycles. The molecule has 3 nitrogen and oxygen atoms in total. The summed E-state index contributed by atoms with van der Waals surface area (Å²) in [5.41, 5.74) is 6.31. The van der Waals surface area contributed by atoms with Crippen LogP contribution in [0.3, 0.4) is 0 Å². The van der Waals surface area contributed by atoms with Crippen molar-refractivity contribution < 1.29 is 14.2 Å². The summed E-state index contributed by atoms with van der Waals surface area (Å²) in [6.45, 7) is 3.68. The van der Waals surface area contributed by atoms with E-state index in [9.17, 15) is 9.50 Å². The first-order valence-electron chi connectivity index (χ1n) is 5.12. The van der Waals surface area contributed by atoms with Crippen molar-refractivity contribution in [2.45, 2.75) is 19.9 Å². The lowest BCUT2D eigenvalue weighted by Crippen LogP contribution is -2.32. The third kappa shape index (κ3) is 2.51. The van der Waals surface area contributed by atoms with E-state index in [0.29, 0.717) is 0 Å². The first-order valence-corrected chi connectivity index (χ1v) is 5.12. The molecule has 0 saturated heterocycles. The van der Waals surface area contributed by atoms with Crippen LogP contribution in [0.25, 0.3) is 0 Å². The molecule has 1 atom stereocenters. The maximum atomic E-state index is 13.2. The summed E-state index contributed by atoms with van der Waals surface area (Å²) in [6.07, 6.45) is 0. The second-order valence-electron chi connectivity index (χ2n) is 4.52. The molecule has 0 spiro atoms. The van der Waals surface area contributed by atoms with Gasteiger partial charge in [-0.25, -0.2) is 4.39 Å². The van der Waals surface area contributed by atoms with Crippen molar-refractivity contribution in [3.05, 3.63) is 29.6 Å². The number of methoxy groups -OCH3 is 1. The van der Waals surface area contributed by atoms with Crippen LogP contribution < -0.4 is 10.5 Å². The fraction of sp³-hybridized carbons (Fsp3) is 0.500. The Hall–Kier alpha value is -1.13. The maximum absolute atomic E-state index is 13.2. The van der Waals surface area contributed by atoms with Crippen LogP contribution in [0.15, 0.2) is 18.2 Å². The molecule has 0 aliphatic heterocycles. The molecule has 16 heavy (non-hydrogen) atoms. The first-order chi connectivity index (χ1) is 7.42. The van der Waals surface area contributed by atoms with Gasteiger partial charge in [-0.1, -0.05) is 19.9 Å². The van der Waals surface area contributed by atoms with Crippen LogP contribution in [0.5, 0.6) is 5.75 Å². The Kier molecular flexibility index (Phi) is 3.88. The lowest BCUT2D eigenvalue weighted by atomic mass is 9.82. The molecule has 0 radical (unpaired) electrons. The van der Waals surface area contributed by atoms with Gasteiger partial charge in [0.15, 0.2) is 11.6 Å². The number of hydrogen-bond acceptors (Lipinski definition) is 3. The number of rotatable bonds is 4. The van der Waals surface area contributed by atoms with Crippen LogP contribution in [0.4, 0.5) is 4.39 Å². The predicted molar refractivity (Wildman–Crippen MR) is 60.7 cm³/mol. The summed E-state index contributed by atoms with van der Waals surface area (Å²) < 4.78 is 18.1. The number of hydrogen-bond donors (Lipinski definition) is 2. The monoisotopic (exact) mass is 227 g/mol. The maximum Gasteiger partial charge on any atom is 0.165 e. The van der Waals surface area contributed by atoms with Gasteiger partial charge in [0.25, 0.3) is 0 Å². The van der Waals surface area contributed by atoms with Crippen molar-refractivity contribution in [2.75, 3.05) is 13.7 Å². The molecule has 0 heterocycles.